The minimum atomic E-state index is -3.34. The summed E-state index contributed by atoms with van der Waals surface area (Å²) < 4.78 is 26.6. The molecule has 0 fully saturated rings. The van der Waals surface area contributed by atoms with Gasteiger partial charge in [-0.25, -0.2) is 0 Å². The van der Waals surface area contributed by atoms with Gasteiger partial charge in [0.1, 0.15) is 35.1 Å². The summed E-state index contributed by atoms with van der Waals surface area (Å²) in [6.07, 6.45) is 2.34. The number of carbonyl (C=O) groups excluding carboxylic acids is 1. The molecule has 1 aromatic heterocycles. The van der Waals surface area contributed by atoms with E-state index in [0.717, 1.165) is 17.5 Å². The van der Waals surface area contributed by atoms with Crippen molar-refractivity contribution in [3.8, 4) is 0 Å². The van der Waals surface area contributed by atoms with Crippen molar-refractivity contribution in [2.75, 3.05) is 11.6 Å². The Morgan fingerprint density at radius 2 is 2.08 bits per heavy atom. The highest BCUT2D eigenvalue weighted by molar-refractivity contribution is 7.95. The molecule has 3 rings (SSSR count). The normalized spacial score (nSPS) is 18.9. The minimum Gasteiger partial charge on any atom is -0.598 e. The van der Waals surface area contributed by atoms with Crippen LogP contribution in [0.3, 0.4) is 0 Å². The number of hydrogen-bond acceptors (Lipinski definition) is 5. The summed E-state index contributed by atoms with van der Waals surface area (Å²) in [6, 6.07) is 7.11. The van der Waals surface area contributed by atoms with Crippen LogP contribution in [0.1, 0.15) is 29.7 Å². The van der Waals surface area contributed by atoms with Crippen molar-refractivity contribution >= 4 is 22.0 Å². The van der Waals surface area contributed by atoms with Gasteiger partial charge in [0.05, 0.1) is 0 Å². The average molecular weight is 349 g/mol. The van der Waals surface area contributed by atoms with E-state index in [9.17, 15) is 13.6 Å². The molecule has 0 aliphatic carbocycles. The summed E-state index contributed by atoms with van der Waals surface area (Å²) >= 11 is 0. The number of anilines is 1. The van der Waals surface area contributed by atoms with Crippen LogP contribution in [0.15, 0.2) is 24.3 Å². The molecule has 0 saturated heterocycles. The topological polar surface area (TPSA) is 112 Å². The Kier molecular flexibility index (Phi) is 4.48. The van der Waals surface area contributed by atoms with Crippen LogP contribution in [0.2, 0.25) is 0 Å². The lowest BCUT2D eigenvalue weighted by molar-refractivity contribution is -0.119. The molecule has 8 nitrogen and oxygen atoms in total. The molecule has 1 aliphatic rings. The number of nitrogens with one attached hydrogen (secondary N) is 2. The smallest absolute Gasteiger partial charge is 0.247 e. The first-order chi connectivity index (χ1) is 11.3. The maximum atomic E-state index is 12.6. The molecule has 0 spiro atoms. The van der Waals surface area contributed by atoms with Gasteiger partial charge < -0.3 is 14.4 Å². The van der Waals surface area contributed by atoms with Crippen molar-refractivity contribution in [3.63, 3.8) is 0 Å². The van der Waals surface area contributed by atoms with E-state index in [1.807, 2.05) is 31.2 Å². The first kappa shape index (κ1) is 16.7. The highest BCUT2D eigenvalue weighted by Gasteiger charge is 2.32. The molecule has 2 heterocycles. The summed E-state index contributed by atoms with van der Waals surface area (Å²) in [5.41, 5.74) is 1.84. The van der Waals surface area contributed by atoms with Crippen molar-refractivity contribution in [2.45, 2.75) is 32.4 Å². The number of nitrogens with zero attached hydrogens (tertiary/aromatic N) is 3. The van der Waals surface area contributed by atoms with Crippen molar-refractivity contribution < 1.29 is 13.6 Å². The number of carbonyl (C=O) groups is 1. The SMILES string of the molecule is Cc1ccc(NC(=O)C2CCc3nnc(CN[S+](C)(=O)[O-])n32)cc1. The Morgan fingerprint density at radius 3 is 2.75 bits per heavy atom. The molecule has 1 amide bonds. The zero-order chi connectivity index (χ0) is 17.3. The monoisotopic (exact) mass is 349 g/mol. The van der Waals surface area contributed by atoms with Crippen LogP contribution in [0, 0.1) is 6.92 Å². The number of rotatable bonds is 5. The van der Waals surface area contributed by atoms with Crippen LogP contribution in [-0.2, 0) is 32.4 Å². The van der Waals surface area contributed by atoms with Crippen molar-refractivity contribution in [1.29, 1.82) is 0 Å². The van der Waals surface area contributed by atoms with Gasteiger partial charge in [0.25, 0.3) is 0 Å². The second-order valence-corrected chi connectivity index (χ2v) is 7.74. The molecule has 0 radical (unpaired) electrons. The van der Waals surface area contributed by atoms with E-state index < -0.39 is 16.4 Å². The third kappa shape index (κ3) is 3.69. The predicted molar refractivity (Wildman–Crippen MR) is 88.8 cm³/mol. The first-order valence-corrected chi connectivity index (χ1v) is 9.47. The number of amides is 1. The van der Waals surface area contributed by atoms with Gasteiger partial charge in [-0.15, -0.1) is 14.9 Å². The molecular weight excluding hydrogens is 330 g/mol. The molecule has 2 atom stereocenters. The zero-order valence-electron chi connectivity index (χ0n) is 13.5. The molecule has 2 N–H and O–H groups in total. The van der Waals surface area contributed by atoms with Crippen LogP contribution in [0.5, 0.6) is 0 Å². The Balaban J connectivity index is 1.75. The molecule has 0 bridgehead atoms. The van der Waals surface area contributed by atoms with E-state index >= 15 is 0 Å². The maximum Gasteiger partial charge on any atom is 0.247 e. The Labute approximate surface area is 141 Å². The number of sulfonamides is 1. The van der Waals surface area contributed by atoms with Gasteiger partial charge >= 0.3 is 0 Å². The third-order valence-electron chi connectivity index (χ3n) is 3.90. The summed E-state index contributed by atoms with van der Waals surface area (Å²) in [7, 11) is -3.34. The van der Waals surface area contributed by atoms with Crippen LogP contribution in [0.25, 0.3) is 0 Å². The van der Waals surface area contributed by atoms with E-state index in [0.29, 0.717) is 24.5 Å². The highest BCUT2D eigenvalue weighted by atomic mass is 32.3. The summed E-state index contributed by atoms with van der Waals surface area (Å²) in [6.45, 7) is 1.99. The fraction of sp³-hybridized carbons (Fsp3) is 0.400. The van der Waals surface area contributed by atoms with Gasteiger partial charge in [0, 0.05) is 12.1 Å². The van der Waals surface area contributed by atoms with E-state index in [4.69, 9.17) is 0 Å². The average Bonchev–Trinajstić information content (AvgIpc) is 3.08. The van der Waals surface area contributed by atoms with Gasteiger partial charge in [-0.2, -0.15) is 0 Å². The molecule has 9 heteroatoms. The van der Waals surface area contributed by atoms with Gasteiger partial charge in [0.2, 0.25) is 5.91 Å². The van der Waals surface area contributed by atoms with Crippen LogP contribution in [-0.4, -0.2) is 31.5 Å². The highest BCUT2D eigenvalue weighted by Crippen LogP contribution is 2.27. The minimum absolute atomic E-state index is 0.0140. The number of hydrogen-bond donors (Lipinski definition) is 2. The molecule has 24 heavy (non-hydrogen) atoms. The van der Waals surface area contributed by atoms with Crippen molar-refractivity contribution in [3.05, 3.63) is 41.5 Å². The van der Waals surface area contributed by atoms with E-state index in [2.05, 4.69) is 20.2 Å². The summed E-state index contributed by atoms with van der Waals surface area (Å²) in [5.74, 6) is 0.986. The lowest BCUT2D eigenvalue weighted by atomic mass is 10.2. The zero-order valence-corrected chi connectivity index (χ0v) is 14.3. The summed E-state index contributed by atoms with van der Waals surface area (Å²) in [4.78, 5) is 12.6. The van der Waals surface area contributed by atoms with Crippen molar-refractivity contribution in [2.24, 2.45) is 0 Å². The van der Waals surface area contributed by atoms with Crippen LogP contribution < -0.4 is 10.0 Å². The van der Waals surface area contributed by atoms with Crippen LogP contribution in [0.4, 0.5) is 5.69 Å². The maximum absolute atomic E-state index is 12.6. The fourth-order valence-electron chi connectivity index (χ4n) is 2.71. The van der Waals surface area contributed by atoms with Gasteiger partial charge in [-0.1, -0.05) is 21.9 Å². The molecule has 2 unspecified atom stereocenters. The number of aromatic nitrogens is 3. The van der Waals surface area contributed by atoms with Crippen molar-refractivity contribution in [1.82, 2.24) is 19.5 Å². The summed E-state index contributed by atoms with van der Waals surface area (Å²) in [5, 5.41) is 10.9. The Bertz CT molecular complexity index is 796. The first-order valence-electron chi connectivity index (χ1n) is 7.58. The fourth-order valence-corrected chi connectivity index (χ4v) is 3.10. The lowest BCUT2D eigenvalue weighted by Crippen LogP contribution is -2.31. The van der Waals surface area contributed by atoms with E-state index in [-0.39, 0.29) is 12.5 Å². The van der Waals surface area contributed by atoms with Gasteiger partial charge in [0.15, 0.2) is 5.82 Å². The van der Waals surface area contributed by atoms with Gasteiger partial charge in [-0.05, 0) is 25.5 Å². The van der Waals surface area contributed by atoms with Gasteiger partial charge in [-0.3, -0.25) is 4.79 Å². The largest absolute Gasteiger partial charge is 0.598 e. The molecular formula is C15H19N5O3S. The Hall–Kier alpha value is -2.10. The second kappa shape index (κ2) is 6.42. The predicted octanol–water partition coefficient (Wildman–Crippen LogP) is 0.977. The molecule has 2 aromatic rings. The Morgan fingerprint density at radius 1 is 1.38 bits per heavy atom. The van der Waals surface area contributed by atoms with Crippen LogP contribution >= 0.6 is 0 Å². The van der Waals surface area contributed by atoms with E-state index in [1.165, 1.54) is 0 Å². The molecule has 1 aliphatic heterocycles. The number of aryl methyl sites for hydroxylation is 2. The second-order valence-electron chi connectivity index (χ2n) is 5.91. The number of benzene rings is 1. The van der Waals surface area contributed by atoms with E-state index in [1.54, 1.807) is 4.57 Å². The molecule has 128 valence electrons. The number of fused-ring (bicyclic) bond motifs is 1. The quantitative estimate of drug-likeness (QED) is 0.781. The standard InChI is InChI=1S/C15H19N5O3S/c1-10-3-5-11(6-4-10)17-15(21)12-7-8-13-18-19-14(20(12)13)9-16-24(2,22)23/h3-6,12H,7-9H2,1-2H3,(H2-,16,17,21,22,23). The lowest BCUT2D eigenvalue weighted by Gasteiger charge is -2.16. The molecule has 0 saturated carbocycles. The molecule has 1 aromatic carbocycles. The third-order valence-corrected chi connectivity index (χ3v) is 4.57.